The number of esters is 1. The molecule has 2 fully saturated rings. The van der Waals surface area contributed by atoms with Crippen LogP contribution in [0.25, 0.3) is 5.57 Å². The molecule has 3 aliphatic rings. The van der Waals surface area contributed by atoms with Crippen LogP contribution in [0.3, 0.4) is 0 Å². The Hall–Kier alpha value is -2.75. The smallest absolute Gasteiger partial charge is 0.341 e. The van der Waals surface area contributed by atoms with Gasteiger partial charge in [-0.25, -0.2) is 13.6 Å². The van der Waals surface area contributed by atoms with Crippen molar-refractivity contribution in [3.63, 3.8) is 0 Å². The lowest BCUT2D eigenvalue weighted by atomic mass is 9.93. The first-order valence-corrected chi connectivity index (χ1v) is 15.1. The number of hydrogen-bond acceptors (Lipinski definition) is 6. The second kappa shape index (κ2) is 13.0. The Kier molecular flexibility index (Phi) is 9.46. The zero-order chi connectivity index (χ0) is 29.1. The molecule has 222 valence electrons. The molecule has 41 heavy (non-hydrogen) atoms. The number of alkyl halides is 2. The highest BCUT2D eigenvalue weighted by molar-refractivity contribution is 6.31. The number of piperidine rings is 1. The summed E-state index contributed by atoms with van der Waals surface area (Å²) in [5.41, 5.74) is 2.67. The minimum Gasteiger partial charge on any atom is -0.462 e. The normalized spacial score (nSPS) is 22.4. The number of rotatable bonds is 8. The van der Waals surface area contributed by atoms with Gasteiger partial charge in [0.15, 0.2) is 0 Å². The van der Waals surface area contributed by atoms with Gasteiger partial charge in [-0.15, -0.1) is 0 Å². The van der Waals surface area contributed by atoms with Crippen LogP contribution in [0.15, 0.2) is 42.6 Å². The number of halogens is 3. The van der Waals surface area contributed by atoms with Crippen LogP contribution in [0.4, 0.5) is 14.5 Å². The topological polar surface area (TPSA) is 53.8 Å². The summed E-state index contributed by atoms with van der Waals surface area (Å²) >= 11 is 6.48. The van der Waals surface area contributed by atoms with Crippen LogP contribution in [0, 0.1) is 0 Å². The largest absolute Gasteiger partial charge is 0.462 e. The van der Waals surface area contributed by atoms with E-state index in [0.29, 0.717) is 30.1 Å². The van der Waals surface area contributed by atoms with Crippen molar-refractivity contribution in [3.05, 3.63) is 64.5 Å². The summed E-state index contributed by atoms with van der Waals surface area (Å²) in [4.78, 5) is 19.6. The van der Waals surface area contributed by atoms with Crippen molar-refractivity contribution in [2.45, 2.75) is 64.6 Å². The summed E-state index contributed by atoms with van der Waals surface area (Å²) in [6, 6.07) is 6.58. The number of nitrogens with zero attached hydrogens (tertiary/aromatic N) is 5. The Morgan fingerprint density at radius 3 is 2.61 bits per heavy atom. The molecule has 0 bridgehead atoms. The third-order valence-electron chi connectivity index (χ3n) is 8.52. The second-order valence-corrected chi connectivity index (χ2v) is 11.7. The molecular formula is C31H40ClF2N5O2. The molecule has 3 heterocycles. The van der Waals surface area contributed by atoms with Gasteiger partial charge < -0.3 is 9.64 Å². The van der Waals surface area contributed by atoms with E-state index in [0.717, 1.165) is 62.4 Å². The summed E-state index contributed by atoms with van der Waals surface area (Å²) in [6.07, 6.45) is 7.63. The van der Waals surface area contributed by atoms with E-state index in [4.69, 9.17) is 16.3 Å². The molecule has 0 saturated carbocycles. The van der Waals surface area contributed by atoms with Gasteiger partial charge in [0.1, 0.15) is 11.3 Å². The maximum atomic E-state index is 14.2. The third-order valence-corrected chi connectivity index (χ3v) is 8.75. The first kappa shape index (κ1) is 29.7. The van der Waals surface area contributed by atoms with E-state index in [1.54, 1.807) is 6.92 Å². The molecule has 7 nitrogen and oxygen atoms in total. The van der Waals surface area contributed by atoms with Crippen molar-refractivity contribution in [1.82, 2.24) is 19.6 Å². The first-order chi connectivity index (χ1) is 19.8. The Balaban J connectivity index is 1.34. The van der Waals surface area contributed by atoms with Gasteiger partial charge in [-0.2, -0.15) is 5.10 Å². The molecule has 0 radical (unpaired) electrons. The highest BCUT2D eigenvalue weighted by Crippen LogP contribution is 2.37. The minimum atomic E-state index is -2.84. The molecule has 0 N–H and O–H groups in total. The maximum absolute atomic E-state index is 14.2. The number of ether oxygens (including phenoxy) is 1. The van der Waals surface area contributed by atoms with Crippen LogP contribution >= 0.6 is 11.6 Å². The third kappa shape index (κ3) is 6.52. The molecule has 0 spiro atoms. The molecule has 5 rings (SSSR count). The molecule has 2 atom stereocenters. The average molecular weight is 588 g/mol. The molecular weight excluding hydrogens is 548 g/mol. The van der Waals surface area contributed by atoms with E-state index in [1.165, 1.54) is 10.9 Å². The molecule has 2 saturated heterocycles. The molecule has 2 aromatic rings. The number of benzene rings is 1. The van der Waals surface area contributed by atoms with Gasteiger partial charge in [0.2, 0.25) is 0 Å². The Morgan fingerprint density at radius 2 is 1.95 bits per heavy atom. The molecule has 1 aliphatic carbocycles. The predicted molar refractivity (Wildman–Crippen MR) is 159 cm³/mol. The van der Waals surface area contributed by atoms with E-state index in [2.05, 4.69) is 57.9 Å². The van der Waals surface area contributed by atoms with Gasteiger partial charge in [0.25, 0.3) is 6.43 Å². The van der Waals surface area contributed by atoms with Gasteiger partial charge in [-0.1, -0.05) is 35.9 Å². The number of anilines is 1. The Morgan fingerprint density at radius 1 is 1.17 bits per heavy atom. The first-order valence-electron chi connectivity index (χ1n) is 14.7. The number of hydrogen-bond donors (Lipinski definition) is 0. The van der Waals surface area contributed by atoms with E-state index < -0.39 is 12.4 Å². The number of carbonyl (C=O) groups excluding carboxylic acids is 1. The van der Waals surface area contributed by atoms with E-state index >= 15 is 0 Å². The standard InChI is InChI=1S/C31H40ClF2N5O2/c1-4-41-31(40)27-19-35-39(29(27)30(33)34)25-6-5-13-38(20-25)28-18-23(32)9-12-26(28)22-7-10-24(11-8-22)37-16-14-36(15-17-37)21(2)3/h7-10,12,18-19,21,24-25,30H,4-6,11,13-17,20H2,1-3H3. The molecule has 1 aromatic heterocycles. The zero-order valence-corrected chi connectivity index (χ0v) is 24.9. The van der Waals surface area contributed by atoms with Crippen molar-refractivity contribution >= 4 is 28.8 Å². The summed E-state index contributed by atoms with van der Waals surface area (Å²) in [5.74, 6) is -0.769. The van der Waals surface area contributed by atoms with Crippen molar-refractivity contribution in [2.75, 3.05) is 50.8 Å². The quantitative estimate of drug-likeness (QED) is 0.341. The van der Waals surface area contributed by atoms with Crippen LogP contribution in [0.1, 0.15) is 74.1 Å². The predicted octanol–water partition coefficient (Wildman–Crippen LogP) is 6.23. The lowest BCUT2D eigenvalue weighted by molar-refractivity contribution is 0.0512. The molecule has 2 unspecified atom stereocenters. The molecule has 2 aliphatic heterocycles. The van der Waals surface area contributed by atoms with Crippen molar-refractivity contribution in [3.8, 4) is 0 Å². The minimum absolute atomic E-state index is 0.112. The van der Waals surface area contributed by atoms with Crippen molar-refractivity contribution in [1.29, 1.82) is 0 Å². The van der Waals surface area contributed by atoms with Gasteiger partial charge in [0.05, 0.1) is 18.8 Å². The highest BCUT2D eigenvalue weighted by Gasteiger charge is 2.32. The fourth-order valence-electron chi connectivity index (χ4n) is 6.30. The van der Waals surface area contributed by atoms with Gasteiger partial charge in [-0.05, 0) is 57.7 Å². The van der Waals surface area contributed by atoms with Gasteiger partial charge >= 0.3 is 5.97 Å². The monoisotopic (exact) mass is 587 g/mol. The van der Waals surface area contributed by atoms with Crippen molar-refractivity contribution < 1.29 is 18.3 Å². The van der Waals surface area contributed by atoms with Crippen LogP contribution in [-0.2, 0) is 4.74 Å². The number of piperazine rings is 1. The molecule has 1 aromatic carbocycles. The van der Waals surface area contributed by atoms with Crippen molar-refractivity contribution in [2.24, 2.45) is 0 Å². The van der Waals surface area contributed by atoms with Crippen LogP contribution < -0.4 is 4.90 Å². The summed E-state index contributed by atoms with van der Waals surface area (Å²) < 4.78 is 34.6. The second-order valence-electron chi connectivity index (χ2n) is 11.3. The number of carbonyl (C=O) groups is 1. The van der Waals surface area contributed by atoms with E-state index in [-0.39, 0.29) is 23.9 Å². The Labute approximate surface area is 246 Å². The number of allylic oxidation sites excluding steroid dienone is 2. The van der Waals surface area contributed by atoms with Gasteiger partial charge in [-0.3, -0.25) is 14.5 Å². The fourth-order valence-corrected chi connectivity index (χ4v) is 6.46. The molecule has 0 amide bonds. The van der Waals surface area contributed by atoms with Crippen LogP contribution in [-0.4, -0.2) is 83.5 Å². The number of aromatic nitrogens is 2. The summed E-state index contributed by atoms with van der Waals surface area (Å²) in [5, 5.41) is 4.87. The van der Waals surface area contributed by atoms with E-state index in [9.17, 15) is 13.6 Å². The zero-order valence-electron chi connectivity index (χ0n) is 24.1. The van der Waals surface area contributed by atoms with Gasteiger partial charge in [0, 0.05) is 67.6 Å². The van der Waals surface area contributed by atoms with Crippen LogP contribution in [0.5, 0.6) is 0 Å². The summed E-state index contributed by atoms with van der Waals surface area (Å²) in [6.45, 7) is 11.9. The van der Waals surface area contributed by atoms with Crippen LogP contribution in [0.2, 0.25) is 5.02 Å². The lowest BCUT2D eigenvalue weighted by Gasteiger charge is -2.40. The lowest BCUT2D eigenvalue weighted by Crippen LogP contribution is -2.51. The average Bonchev–Trinajstić information content (AvgIpc) is 3.44. The summed E-state index contributed by atoms with van der Waals surface area (Å²) in [7, 11) is 0. The maximum Gasteiger partial charge on any atom is 0.341 e. The fraction of sp³-hybridized carbons (Fsp3) is 0.548. The SMILES string of the molecule is CCOC(=O)c1cnn(C2CCCN(c3cc(Cl)ccc3C3=CCC(N4CCN(C(C)C)CC4)C=C3)C2)c1C(F)F. The Bertz CT molecular complexity index is 1290. The highest BCUT2D eigenvalue weighted by atomic mass is 35.5. The molecule has 10 heteroatoms. The van der Waals surface area contributed by atoms with E-state index in [1.807, 2.05) is 12.1 Å².